The van der Waals surface area contributed by atoms with Gasteiger partial charge in [-0.05, 0) is 19.1 Å². The molecule has 1 atom stereocenters. The van der Waals surface area contributed by atoms with Crippen molar-refractivity contribution in [1.29, 1.82) is 0 Å². The zero-order valence-electron chi connectivity index (χ0n) is 9.16. The first kappa shape index (κ1) is 12.7. The van der Waals surface area contributed by atoms with Gasteiger partial charge in [-0.15, -0.1) is 0 Å². The molecule has 0 aliphatic rings. The largest absolute Gasteiger partial charge is 0.341 e. The van der Waals surface area contributed by atoms with Gasteiger partial charge in [-0.1, -0.05) is 23.2 Å². The van der Waals surface area contributed by atoms with E-state index >= 15 is 0 Å². The lowest BCUT2D eigenvalue weighted by Crippen LogP contribution is -2.09. The number of halogens is 2. The number of rotatable bonds is 2. The van der Waals surface area contributed by atoms with Gasteiger partial charge in [-0.25, -0.2) is 13.4 Å². The first-order valence-corrected chi connectivity index (χ1v) is 7.53. The van der Waals surface area contributed by atoms with Gasteiger partial charge in [0, 0.05) is 6.26 Å². The normalized spacial score (nSPS) is 14.1. The van der Waals surface area contributed by atoms with E-state index in [1.54, 1.807) is 19.1 Å². The number of imidazole rings is 1. The van der Waals surface area contributed by atoms with Crippen molar-refractivity contribution in [3.8, 4) is 0 Å². The van der Waals surface area contributed by atoms with Crippen molar-refractivity contribution in [2.24, 2.45) is 0 Å². The predicted molar refractivity (Wildman–Crippen MR) is 69.4 cm³/mol. The van der Waals surface area contributed by atoms with Crippen LogP contribution >= 0.6 is 23.2 Å². The molecular weight excluding hydrogens is 283 g/mol. The monoisotopic (exact) mass is 292 g/mol. The lowest BCUT2D eigenvalue weighted by Gasteiger charge is -2.04. The summed E-state index contributed by atoms with van der Waals surface area (Å²) >= 11 is 11.7. The second kappa shape index (κ2) is 4.15. The summed E-state index contributed by atoms with van der Waals surface area (Å²) in [6.45, 7) is 1.58. The van der Waals surface area contributed by atoms with Crippen LogP contribution in [0.2, 0.25) is 10.0 Å². The van der Waals surface area contributed by atoms with E-state index < -0.39 is 15.1 Å². The Morgan fingerprint density at radius 1 is 1.29 bits per heavy atom. The van der Waals surface area contributed by atoms with E-state index in [9.17, 15) is 8.42 Å². The Bertz CT molecular complexity index is 640. The molecule has 1 aromatic heterocycles. The number of benzene rings is 1. The van der Waals surface area contributed by atoms with E-state index in [2.05, 4.69) is 9.97 Å². The van der Waals surface area contributed by atoms with Gasteiger partial charge in [0.25, 0.3) is 0 Å². The van der Waals surface area contributed by atoms with Gasteiger partial charge >= 0.3 is 0 Å². The van der Waals surface area contributed by atoms with Crippen LogP contribution in [0.1, 0.15) is 18.0 Å². The SMILES string of the molecule is CC(c1nc2cc(Cl)c(Cl)cc2[nH]1)S(C)(=O)=O. The number of H-pyrrole nitrogens is 1. The van der Waals surface area contributed by atoms with Gasteiger partial charge in [-0.3, -0.25) is 0 Å². The van der Waals surface area contributed by atoms with E-state index in [0.717, 1.165) is 0 Å². The summed E-state index contributed by atoms with van der Waals surface area (Å²) in [6, 6.07) is 3.24. The number of aromatic amines is 1. The number of hydrogen-bond acceptors (Lipinski definition) is 3. The number of nitrogens with one attached hydrogen (secondary N) is 1. The first-order chi connectivity index (χ1) is 7.79. The Hall–Kier alpha value is -0.780. The number of hydrogen-bond donors (Lipinski definition) is 1. The average Bonchev–Trinajstić information content (AvgIpc) is 2.59. The maximum Gasteiger partial charge on any atom is 0.157 e. The summed E-state index contributed by atoms with van der Waals surface area (Å²) < 4.78 is 22.9. The third-order valence-electron chi connectivity index (χ3n) is 2.57. The van der Waals surface area contributed by atoms with Crippen molar-refractivity contribution in [3.63, 3.8) is 0 Å². The van der Waals surface area contributed by atoms with Crippen LogP contribution < -0.4 is 0 Å². The second-order valence-electron chi connectivity index (χ2n) is 3.88. The van der Waals surface area contributed by atoms with Crippen molar-refractivity contribution in [2.75, 3.05) is 6.26 Å². The van der Waals surface area contributed by atoms with Crippen LogP contribution in [-0.4, -0.2) is 24.6 Å². The van der Waals surface area contributed by atoms with Crippen LogP contribution in [0, 0.1) is 0 Å². The highest BCUT2D eigenvalue weighted by Gasteiger charge is 2.21. The molecule has 0 aliphatic heterocycles. The molecule has 0 amide bonds. The molecular formula is C10H10Cl2N2O2S. The molecule has 2 rings (SSSR count). The average molecular weight is 293 g/mol. The Morgan fingerprint density at radius 3 is 2.47 bits per heavy atom. The van der Waals surface area contributed by atoms with Crippen molar-refractivity contribution in [1.82, 2.24) is 9.97 Å². The lowest BCUT2D eigenvalue weighted by molar-refractivity contribution is 0.590. The topological polar surface area (TPSA) is 62.8 Å². The minimum absolute atomic E-state index is 0.390. The van der Waals surface area contributed by atoms with Gasteiger partial charge < -0.3 is 4.98 Å². The Labute approximate surface area is 109 Å². The van der Waals surface area contributed by atoms with Crippen molar-refractivity contribution >= 4 is 44.1 Å². The van der Waals surface area contributed by atoms with Crippen LogP contribution in [0.25, 0.3) is 11.0 Å². The highest BCUT2D eigenvalue weighted by Crippen LogP contribution is 2.28. The zero-order valence-corrected chi connectivity index (χ0v) is 11.5. The number of aromatic nitrogens is 2. The Balaban J connectivity index is 2.59. The van der Waals surface area contributed by atoms with Gasteiger partial charge in [0.1, 0.15) is 11.1 Å². The third-order valence-corrected chi connectivity index (χ3v) is 4.80. The van der Waals surface area contributed by atoms with Gasteiger partial charge in [0.05, 0.1) is 21.1 Å². The smallest absolute Gasteiger partial charge is 0.157 e. The first-order valence-electron chi connectivity index (χ1n) is 4.82. The van der Waals surface area contributed by atoms with Gasteiger partial charge in [0.15, 0.2) is 9.84 Å². The molecule has 0 bridgehead atoms. The minimum atomic E-state index is -3.18. The molecule has 92 valence electrons. The molecule has 0 aliphatic carbocycles. The molecule has 0 radical (unpaired) electrons. The van der Waals surface area contributed by atoms with E-state index in [1.807, 2.05) is 0 Å². The maximum atomic E-state index is 11.4. The third kappa shape index (κ3) is 2.41. The highest BCUT2D eigenvalue weighted by molar-refractivity contribution is 7.90. The summed E-state index contributed by atoms with van der Waals surface area (Å²) in [5, 5.41) is 0.109. The quantitative estimate of drug-likeness (QED) is 0.925. The van der Waals surface area contributed by atoms with Crippen LogP contribution in [0.5, 0.6) is 0 Å². The van der Waals surface area contributed by atoms with Crippen LogP contribution in [-0.2, 0) is 9.84 Å². The van der Waals surface area contributed by atoms with Crippen LogP contribution in [0.15, 0.2) is 12.1 Å². The minimum Gasteiger partial charge on any atom is -0.341 e. The van der Waals surface area contributed by atoms with Gasteiger partial charge in [0.2, 0.25) is 0 Å². The zero-order chi connectivity index (χ0) is 12.8. The molecule has 0 fully saturated rings. The lowest BCUT2D eigenvalue weighted by atomic mass is 10.3. The molecule has 7 heteroatoms. The van der Waals surface area contributed by atoms with E-state index in [-0.39, 0.29) is 0 Å². The van der Waals surface area contributed by atoms with E-state index in [1.165, 1.54) is 6.26 Å². The second-order valence-corrected chi connectivity index (χ2v) is 7.06. The number of sulfone groups is 1. The molecule has 1 heterocycles. The van der Waals surface area contributed by atoms with Gasteiger partial charge in [-0.2, -0.15) is 0 Å². The molecule has 2 aromatic rings. The summed E-state index contributed by atoms with van der Waals surface area (Å²) in [4.78, 5) is 7.14. The fourth-order valence-corrected chi connectivity index (χ4v) is 2.26. The van der Waals surface area contributed by atoms with Crippen LogP contribution in [0.4, 0.5) is 0 Å². The number of nitrogens with zero attached hydrogens (tertiary/aromatic N) is 1. The van der Waals surface area contributed by atoms with Crippen molar-refractivity contribution in [3.05, 3.63) is 28.0 Å². The molecule has 0 saturated heterocycles. The fourth-order valence-electron chi connectivity index (χ4n) is 1.42. The molecule has 0 saturated carbocycles. The van der Waals surface area contributed by atoms with Crippen molar-refractivity contribution < 1.29 is 8.42 Å². The fraction of sp³-hybridized carbons (Fsp3) is 0.300. The van der Waals surface area contributed by atoms with Crippen molar-refractivity contribution in [2.45, 2.75) is 12.2 Å². The Morgan fingerprint density at radius 2 is 1.88 bits per heavy atom. The predicted octanol–water partition coefficient (Wildman–Crippen LogP) is 2.98. The van der Waals surface area contributed by atoms with Crippen LogP contribution in [0.3, 0.4) is 0 Å². The summed E-state index contributed by atoms with van der Waals surface area (Å²) in [5.41, 5.74) is 1.27. The Kier molecular flexibility index (Phi) is 3.10. The molecule has 1 aromatic carbocycles. The summed E-state index contributed by atoms with van der Waals surface area (Å²) in [6.07, 6.45) is 1.17. The molecule has 1 N–H and O–H groups in total. The highest BCUT2D eigenvalue weighted by atomic mass is 35.5. The van der Waals surface area contributed by atoms with E-state index in [4.69, 9.17) is 23.2 Å². The molecule has 17 heavy (non-hydrogen) atoms. The standard InChI is InChI=1S/C10H10Cl2N2O2S/c1-5(17(2,15)16)10-13-8-3-6(11)7(12)4-9(8)14-10/h3-5H,1-2H3,(H,13,14). The van der Waals surface area contributed by atoms with E-state index in [0.29, 0.717) is 26.9 Å². The molecule has 4 nitrogen and oxygen atoms in total. The maximum absolute atomic E-state index is 11.4. The molecule has 1 unspecified atom stereocenters. The number of fused-ring (bicyclic) bond motifs is 1. The summed E-state index contributed by atoms with van der Waals surface area (Å²) in [7, 11) is -3.18. The summed E-state index contributed by atoms with van der Waals surface area (Å²) in [5.74, 6) is 0.390. The molecule has 0 spiro atoms.